The van der Waals surface area contributed by atoms with Gasteiger partial charge in [-0.15, -0.1) is 0 Å². The van der Waals surface area contributed by atoms with Crippen molar-refractivity contribution in [3.05, 3.63) is 0 Å². The summed E-state index contributed by atoms with van der Waals surface area (Å²) in [5.74, 6) is 0. The van der Waals surface area contributed by atoms with E-state index >= 15 is 0 Å². The van der Waals surface area contributed by atoms with Crippen LogP contribution in [0.1, 0.15) is 0 Å². The van der Waals surface area contributed by atoms with E-state index in [1.165, 1.54) is 0 Å². The molecule has 4 nitrogen and oxygen atoms in total. The normalized spacial score (nSPS) is 48.0. The number of alkyl halides is 1. The summed E-state index contributed by atoms with van der Waals surface area (Å²) in [5.41, 5.74) is -0.910. The molecule has 1 rings (SSSR count). The fourth-order valence-corrected chi connectivity index (χ4v) is 1.14. The summed E-state index contributed by atoms with van der Waals surface area (Å²) < 4.78 is 4.75. The molecule has 4 atom stereocenters. The van der Waals surface area contributed by atoms with Crippen molar-refractivity contribution in [2.24, 2.45) is 0 Å². The van der Waals surface area contributed by atoms with Gasteiger partial charge in [0, 0.05) is 0 Å². The van der Waals surface area contributed by atoms with Gasteiger partial charge in [0.2, 0.25) is 0 Å². The number of aliphatic hydroxyl groups excluding tert-OH is 3. The van der Waals surface area contributed by atoms with Crippen molar-refractivity contribution < 1.29 is 20.1 Å². The lowest BCUT2D eigenvalue weighted by Gasteiger charge is -2.09. The minimum absolute atomic E-state index is 0.332. The zero-order valence-electron chi connectivity index (χ0n) is 5.14. The maximum Gasteiger partial charge on any atom is 0.160 e. The molecular weight excluding hydrogens is 160 g/mol. The molecule has 1 saturated heterocycles. The topological polar surface area (TPSA) is 69.9 Å². The third-order valence-electron chi connectivity index (χ3n) is 1.48. The number of halogens is 1. The van der Waals surface area contributed by atoms with Crippen molar-refractivity contribution in [1.29, 1.82) is 0 Å². The molecule has 1 heterocycles. The first kappa shape index (κ1) is 8.23. The highest BCUT2D eigenvalue weighted by atomic mass is 35.5. The minimum Gasteiger partial charge on any atom is -0.394 e. The molecule has 0 aromatic carbocycles. The molecule has 0 aromatic heterocycles. The first-order valence-electron chi connectivity index (χ1n) is 2.93. The quantitative estimate of drug-likeness (QED) is 0.424. The van der Waals surface area contributed by atoms with Crippen LogP contribution in [-0.2, 0) is 4.74 Å². The maximum atomic E-state index is 9.01. The summed E-state index contributed by atoms with van der Waals surface area (Å²) in [6, 6.07) is 0. The van der Waals surface area contributed by atoms with Crippen molar-refractivity contribution in [1.82, 2.24) is 0 Å². The molecule has 10 heavy (non-hydrogen) atoms. The third-order valence-corrected chi connectivity index (χ3v) is 1.85. The Balaban J connectivity index is 2.53. The van der Waals surface area contributed by atoms with E-state index in [1.54, 1.807) is 0 Å². The summed E-state index contributed by atoms with van der Waals surface area (Å²) >= 11 is 5.39. The number of rotatable bonds is 1. The van der Waals surface area contributed by atoms with E-state index in [1.807, 2.05) is 0 Å². The van der Waals surface area contributed by atoms with Crippen molar-refractivity contribution in [2.45, 2.75) is 23.9 Å². The fraction of sp³-hybridized carbons (Fsp3) is 1.00. The van der Waals surface area contributed by atoms with Crippen LogP contribution in [0.2, 0.25) is 0 Å². The molecule has 0 saturated carbocycles. The predicted octanol–water partition coefficient (Wildman–Crippen LogP) is -1.34. The van der Waals surface area contributed by atoms with Gasteiger partial charge in [-0.25, -0.2) is 0 Å². The summed E-state index contributed by atoms with van der Waals surface area (Å²) in [5, 5.41) is 26.5. The van der Waals surface area contributed by atoms with E-state index < -0.39 is 23.9 Å². The average molecular weight is 169 g/mol. The van der Waals surface area contributed by atoms with Gasteiger partial charge in [0.15, 0.2) is 5.56 Å². The molecule has 5 heteroatoms. The van der Waals surface area contributed by atoms with Gasteiger partial charge in [0.1, 0.15) is 18.3 Å². The predicted molar refractivity (Wildman–Crippen MR) is 33.6 cm³/mol. The number of hydrogen-bond acceptors (Lipinski definition) is 4. The van der Waals surface area contributed by atoms with Crippen LogP contribution in [0.5, 0.6) is 0 Å². The van der Waals surface area contributed by atoms with Crippen molar-refractivity contribution in [3.63, 3.8) is 0 Å². The average Bonchev–Trinajstić information content (AvgIpc) is 2.17. The summed E-state index contributed by atoms with van der Waals surface area (Å²) in [6.07, 6.45) is -2.93. The van der Waals surface area contributed by atoms with Gasteiger partial charge in [-0.2, -0.15) is 0 Å². The molecule has 60 valence electrons. The molecule has 1 fully saturated rings. The molecule has 1 unspecified atom stereocenters. The molecule has 0 radical (unpaired) electrons. The van der Waals surface area contributed by atoms with E-state index in [2.05, 4.69) is 0 Å². The van der Waals surface area contributed by atoms with Crippen LogP contribution in [0.15, 0.2) is 0 Å². The Labute approximate surface area is 63.0 Å². The van der Waals surface area contributed by atoms with Gasteiger partial charge in [0.25, 0.3) is 0 Å². The molecule has 3 N–H and O–H groups in total. The van der Waals surface area contributed by atoms with Gasteiger partial charge in [-0.3, -0.25) is 0 Å². The number of ether oxygens (including phenoxy) is 1. The van der Waals surface area contributed by atoms with E-state index in [4.69, 9.17) is 31.7 Å². The second-order valence-electron chi connectivity index (χ2n) is 2.19. The highest BCUT2D eigenvalue weighted by molar-refractivity contribution is 6.20. The van der Waals surface area contributed by atoms with Crippen molar-refractivity contribution in [3.8, 4) is 0 Å². The standard InChI is InChI=1S/C5H9ClO4/c6-5-4(9)3(8)2(1-7)10-5/h2-5,7-9H,1H2/t2-,3-,4-,5?/m0/s1. The van der Waals surface area contributed by atoms with Gasteiger partial charge in [-0.05, 0) is 0 Å². The zero-order chi connectivity index (χ0) is 7.72. The largest absolute Gasteiger partial charge is 0.394 e. The van der Waals surface area contributed by atoms with E-state index in [0.717, 1.165) is 0 Å². The van der Waals surface area contributed by atoms with Crippen LogP contribution in [0.4, 0.5) is 0 Å². The Kier molecular flexibility index (Phi) is 2.49. The first-order chi connectivity index (χ1) is 4.66. The summed E-state index contributed by atoms with van der Waals surface area (Å²) in [4.78, 5) is 0. The van der Waals surface area contributed by atoms with Crippen LogP contribution in [0.3, 0.4) is 0 Å². The SMILES string of the molecule is OC[C@@H]1OC(Cl)[C@@H](O)[C@H]1O. The van der Waals surface area contributed by atoms with Crippen LogP contribution in [0.25, 0.3) is 0 Å². The summed E-state index contributed by atoms with van der Waals surface area (Å²) in [6.45, 7) is -0.332. The smallest absolute Gasteiger partial charge is 0.160 e. The number of aliphatic hydroxyl groups is 3. The van der Waals surface area contributed by atoms with Crippen LogP contribution >= 0.6 is 11.6 Å². The van der Waals surface area contributed by atoms with Gasteiger partial charge in [-0.1, -0.05) is 11.6 Å². The van der Waals surface area contributed by atoms with Gasteiger partial charge >= 0.3 is 0 Å². The van der Waals surface area contributed by atoms with Gasteiger partial charge in [0.05, 0.1) is 6.61 Å². The molecule has 0 bridgehead atoms. The van der Waals surface area contributed by atoms with Crippen LogP contribution in [-0.4, -0.2) is 45.8 Å². The third kappa shape index (κ3) is 1.26. The van der Waals surface area contributed by atoms with E-state index in [9.17, 15) is 0 Å². The number of hydrogen-bond donors (Lipinski definition) is 3. The Hall–Kier alpha value is 0.130. The van der Waals surface area contributed by atoms with Crippen molar-refractivity contribution >= 4 is 11.6 Å². The molecule has 0 aliphatic carbocycles. The Morgan fingerprint density at radius 1 is 1.30 bits per heavy atom. The fourth-order valence-electron chi connectivity index (χ4n) is 0.854. The molecule has 1 aliphatic heterocycles. The summed E-state index contributed by atoms with van der Waals surface area (Å²) in [7, 11) is 0. The highest BCUT2D eigenvalue weighted by Gasteiger charge is 2.40. The van der Waals surface area contributed by atoms with Crippen LogP contribution in [0, 0.1) is 0 Å². The molecule has 0 aromatic rings. The molecule has 0 spiro atoms. The van der Waals surface area contributed by atoms with Crippen molar-refractivity contribution in [2.75, 3.05) is 6.61 Å². The van der Waals surface area contributed by atoms with Gasteiger partial charge < -0.3 is 20.1 Å². The maximum absolute atomic E-state index is 9.01. The van der Waals surface area contributed by atoms with E-state index in [-0.39, 0.29) is 6.61 Å². The molecular formula is C5H9ClO4. The lowest BCUT2D eigenvalue weighted by atomic mass is 10.2. The molecule has 0 amide bonds. The Morgan fingerprint density at radius 3 is 2.10 bits per heavy atom. The zero-order valence-corrected chi connectivity index (χ0v) is 5.90. The first-order valence-corrected chi connectivity index (χ1v) is 3.37. The second kappa shape index (κ2) is 3.02. The highest BCUT2D eigenvalue weighted by Crippen LogP contribution is 2.23. The minimum atomic E-state index is -1.10. The molecule has 1 aliphatic rings. The Bertz CT molecular complexity index is 120. The lowest BCUT2D eigenvalue weighted by molar-refractivity contribution is -0.00869. The second-order valence-corrected chi connectivity index (χ2v) is 2.62. The Morgan fingerprint density at radius 2 is 1.90 bits per heavy atom. The van der Waals surface area contributed by atoms with Crippen LogP contribution < -0.4 is 0 Å². The monoisotopic (exact) mass is 168 g/mol. The lowest BCUT2D eigenvalue weighted by Crippen LogP contribution is -2.32. The van der Waals surface area contributed by atoms with E-state index in [0.29, 0.717) is 0 Å².